The number of ether oxygens (including phenoxy) is 1. The molecule has 2 aromatic heterocycles. The molecule has 8 nitrogen and oxygen atoms in total. The molecule has 1 aromatic carbocycles. The predicted molar refractivity (Wildman–Crippen MR) is 102 cm³/mol. The molecule has 9 heteroatoms. The lowest BCUT2D eigenvalue weighted by atomic mass is 10.2. The minimum atomic E-state index is -0.503. The first kappa shape index (κ1) is 18.5. The van der Waals surface area contributed by atoms with E-state index in [0.29, 0.717) is 4.88 Å². The van der Waals surface area contributed by atoms with Gasteiger partial charge in [-0.05, 0) is 23.6 Å². The van der Waals surface area contributed by atoms with Crippen molar-refractivity contribution in [1.29, 1.82) is 0 Å². The quantitative estimate of drug-likeness (QED) is 0.450. The highest BCUT2D eigenvalue weighted by atomic mass is 32.1. The van der Waals surface area contributed by atoms with Crippen LogP contribution in [0.1, 0.15) is 28.3 Å². The van der Waals surface area contributed by atoms with Gasteiger partial charge in [0.25, 0.3) is 0 Å². The van der Waals surface area contributed by atoms with E-state index in [9.17, 15) is 9.59 Å². The average Bonchev–Trinajstić information content (AvgIpc) is 3.20. The van der Waals surface area contributed by atoms with Crippen LogP contribution in [0.4, 0.5) is 17.6 Å². The fourth-order valence-corrected chi connectivity index (χ4v) is 2.90. The van der Waals surface area contributed by atoms with Crippen molar-refractivity contribution in [3.8, 4) is 0 Å². The van der Waals surface area contributed by atoms with Crippen LogP contribution in [0.3, 0.4) is 0 Å². The number of carbonyl (C=O) groups is 2. The lowest BCUT2D eigenvalue weighted by molar-refractivity contribution is -0.145. The summed E-state index contributed by atoms with van der Waals surface area (Å²) in [5.74, 6) is -0.0917. The number of hydrogen-bond acceptors (Lipinski definition) is 9. The van der Waals surface area contributed by atoms with Crippen molar-refractivity contribution in [2.24, 2.45) is 0 Å². The van der Waals surface area contributed by atoms with Crippen molar-refractivity contribution in [2.75, 3.05) is 11.1 Å². The van der Waals surface area contributed by atoms with Gasteiger partial charge in [-0.2, -0.15) is 15.0 Å². The topological polar surface area (TPSA) is 120 Å². The molecule has 0 saturated carbocycles. The molecule has 0 fully saturated rings. The van der Waals surface area contributed by atoms with E-state index in [-0.39, 0.29) is 43.0 Å². The van der Waals surface area contributed by atoms with Gasteiger partial charge in [0.15, 0.2) is 18.2 Å². The Morgan fingerprint density at radius 3 is 2.59 bits per heavy atom. The number of esters is 1. The molecular formula is C18H17N5O3S. The van der Waals surface area contributed by atoms with Crippen molar-refractivity contribution >= 4 is 40.7 Å². The Morgan fingerprint density at radius 2 is 1.85 bits per heavy atom. The normalized spacial score (nSPS) is 10.4. The van der Waals surface area contributed by atoms with Gasteiger partial charge in [0.1, 0.15) is 0 Å². The number of aromatic nitrogens is 3. The fraction of sp³-hybridized carbons (Fsp3) is 0.167. The van der Waals surface area contributed by atoms with Crippen LogP contribution in [-0.2, 0) is 16.1 Å². The Labute approximate surface area is 159 Å². The molecule has 0 amide bonds. The van der Waals surface area contributed by atoms with Gasteiger partial charge in [-0.1, -0.05) is 24.3 Å². The van der Waals surface area contributed by atoms with Crippen LogP contribution in [0.15, 0.2) is 47.8 Å². The van der Waals surface area contributed by atoms with Crippen molar-refractivity contribution in [3.05, 3.63) is 58.5 Å². The number of nitrogens with two attached hydrogens (primary N) is 1. The van der Waals surface area contributed by atoms with Gasteiger partial charge in [-0.15, -0.1) is 11.3 Å². The number of nitrogens with one attached hydrogen (secondary N) is 1. The maximum absolute atomic E-state index is 11.9. The van der Waals surface area contributed by atoms with Gasteiger partial charge >= 0.3 is 5.97 Å². The second-order valence-electron chi connectivity index (χ2n) is 5.49. The minimum absolute atomic E-state index is 0.00752. The highest BCUT2D eigenvalue weighted by molar-refractivity contribution is 7.12. The van der Waals surface area contributed by atoms with E-state index in [4.69, 9.17) is 10.5 Å². The molecule has 2 heterocycles. The van der Waals surface area contributed by atoms with Gasteiger partial charge in [-0.25, -0.2) is 0 Å². The second-order valence-corrected chi connectivity index (χ2v) is 6.43. The third-order valence-electron chi connectivity index (χ3n) is 3.44. The predicted octanol–water partition coefficient (Wildman–Crippen LogP) is 2.97. The van der Waals surface area contributed by atoms with Crippen molar-refractivity contribution in [1.82, 2.24) is 15.0 Å². The Bertz CT molecular complexity index is 916. The third kappa shape index (κ3) is 5.58. The van der Waals surface area contributed by atoms with Crippen LogP contribution in [0, 0.1) is 0 Å². The highest BCUT2D eigenvalue weighted by Gasteiger charge is 2.12. The molecule has 0 atom stereocenters. The minimum Gasteiger partial charge on any atom is -0.457 e. The number of ketones is 1. The van der Waals surface area contributed by atoms with Gasteiger partial charge in [0, 0.05) is 12.1 Å². The Kier molecular flexibility index (Phi) is 6.06. The fourth-order valence-electron chi connectivity index (χ4n) is 2.20. The van der Waals surface area contributed by atoms with E-state index >= 15 is 0 Å². The van der Waals surface area contributed by atoms with E-state index in [1.54, 1.807) is 12.1 Å². The largest absolute Gasteiger partial charge is 0.457 e. The zero-order valence-electron chi connectivity index (χ0n) is 14.3. The standard InChI is InChI=1S/C18H17N5O3S/c19-17-21-15(22-18(23-17)20-12-5-2-1-3-6-12)11-26-16(25)9-8-13(24)14-7-4-10-27-14/h1-7,10H,8-9,11H2,(H3,19,20,21,22,23). The summed E-state index contributed by atoms with van der Waals surface area (Å²) in [6, 6.07) is 12.9. The lowest BCUT2D eigenvalue weighted by Crippen LogP contribution is -2.12. The molecule has 3 aromatic rings. The first-order chi connectivity index (χ1) is 13.1. The molecule has 3 rings (SSSR count). The summed E-state index contributed by atoms with van der Waals surface area (Å²) in [6.45, 7) is -0.151. The van der Waals surface area contributed by atoms with Crippen LogP contribution in [0.5, 0.6) is 0 Å². The number of rotatable bonds is 8. The molecule has 0 aliphatic heterocycles. The number of carbonyl (C=O) groups excluding carboxylic acids is 2. The third-order valence-corrected chi connectivity index (χ3v) is 4.35. The molecule has 0 unspecified atom stereocenters. The van der Waals surface area contributed by atoms with Gasteiger partial charge in [-0.3, -0.25) is 9.59 Å². The second kappa shape index (κ2) is 8.86. The van der Waals surface area contributed by atoms with E-state index in [2.05, 4.69) is 20.3 Å². The molecule has 0 aliphatic rings. The first-order valence-electron chi connectivity index (χ1n) is 8.15. The SMILES string of the molecule is Nc1nc(COC(=O)CCC(=O)c2cccs2)nc(Nc2ccccc2)n1. The summed E-state index contributed by atoms with van der Waals surface area (Å²) in [4.78, 5) is 36.5. The number of nitrogens with zero attached hydrogens (tertiary/aromatic N) is 3. The Balaban J connectivity index is 1.52. The molecule has 0 radical (unpaired) electrons. The summed E-state index contributed by atoms with van der Waals surface area (Å²) >= 11 is 1.35. The zero-order valence-corrected chi connectivity index (χ0v) is 15.1. The van der Waals surface area contributed by atoms with Crippen molar-refractivity contribution in [3.63, 3.8) is 0 Å². The number of para-hydroxylation sites is 1. The maximum atomic E-state index is 11.9. The number of Topliss-reactive ketones (excluding diaryl/α,β-unsaturated/α-hetero) is 1. The Morgan fingerprint density at radius 1 is 1.04 bits per heavy atom. The maximum Gasteiger partial charge on any atom is 0.306 e. The molecule has 3 N–H and O–H groups in total. The zero-order chi connectivity index (χ0) is 19.1. The number of nitrogen functional groups attached to an aromatic ring is 1. The summed E-state index contributed by atoms with van der Waals surface area (Å²) in [5, 5.41) is 4.82. The Hall–Kier alpha value is -3.33. The molecule has 0 aliphatic carbocycles. The van der Waals surface area contributed by atoms with Gasteiger partial charge in [0.2, 0.25) is 11.9 Å². The average molecular weight is 383 g/mol. The molecule has 0 saturated heterocycles. The summed E-state index contributed by atoms with van der Waals surface area (Å²) in [5.41, 5.74) is 6.48. The monoisotopic (exact) mass is 383 g/mol. The van der Waals surface area contributed by atoms with Crippen LogP contribution < -0.4 is 11.1 Å². The van der Waals surface area contributed by atoms with Gasteiger partial charge in [0.05, 0.1) is 11.3 Å². The molecule has 27 heavy (non-hydrogen) atoms. The summed E-state index contributed by atoms with van der Waals surface area (Å²) < 4.78 is 5.13. The van der Waals surface area contributed by atoms with Crippen molar-refractivity contribution in [2.45, 2.75) is 19.4 Å². The number of benzene rings is 1. The summed E-state index contributed by atoms with van der Waals surface area (Å²) in [7, 11) is 0. The molecule has 0 spiro atoms. The van der Waals surface area contributed by atoms with Crippen LogP contribution in [0.2, 0.25) is 0 Å². The lowest BCUT2D eigenvalue weighted by Gasteiger charge is -2.08. The molecule has 0 bridgehead atoms. The van der Waals surface area contributed by atoms with E-state index in [1.165, 1.54) is 11.3 Å². The number of hydrogen-bond donors (Lipinski definition) is 2. The smallest absolute Gasteiger partial charge is 0.306 e. The highest BCUT2D eigenvalue weighted by Crippen LogP contribution is 2.14. The molecule has 138 valence electrons. The van der Waals surface area contributed by atoms with E-state index in [0.717, 1.165) is 5.69 Å². The number of thiophene rings is 1. The number of anilines is 3. The van der Waals surface area contributed by atoms with Crippen LogP contribution in [0.25, 0.3) is 0 Å². The van der Waals surface area contributed by atoms with E-state index < -0.39 is 5.97 Å². The van der Waals surface area contributed by atoms with Gasteiger partial charge < -0.3 is 15.8 Å². The first-order valence-corrected chi connectivity index (χ1v) is 9.03. The van der Waals surface area contributed by atoms with Crippen LogP contribution in [-0.4, -0.2) is 26.7 Å². The van der Waals surface area contributed by atoms with Crippen LogP contribution >= 0.6 is 11.3 Å². The van der Waals surface area contributed by atoms with Crippen molar-refractivity contribution < 1.29 is 14.3 Å². The van der Waals surface area contributed by atoms with E-state index in [1.807, 2.05) is 35.7 Å². The molecular weight excluding hydrogens is 366 g/mol. The summed E-state index contributed by atoms with van der Waals surface area (Å²) in [6.07, 6.45) is 0.0892.